The molecule has 1 aliphatic rings. The minimum atomic E-state index is 0.130. The number of aryl methyl sites for hydroxylation is 1. The number of anilines is 1. The van der Waals surface area contributed by atoms with Gasteiger partial charge in [0, 0.05) is 43.8 Å². The molecule has 2 aromatic heterocycles. The zero-order chi connectivity index (χ0) is 17.3. The summed E-state index contributed by atoms with van der Waals surface area (Å²) in [5.41, 5.74) is 2.50. The summed E-state index contributed by atoms with van der Waals surface area (Å²) in [4.78, 5) is 6.62. The smallest absolute Gasteiger partial charge is 0.145 e. The molecule has 2 atom stereocenters. The van der Waals surface area contributed by atoms with Gasteiger partial charge in [-0.15, -0.1) is 0 Å². The van der Waals surface area contributed by atoms with E-state index in [1.807, 2.05) is 29.9 Å². The van der Waals surface area contributed by atoms with E-state index in [9.17, 15) is 10.4 Å². The first kappa shape index (κ1) is 16.5. The summed E-state index contributed by atoms with van der Waals surface area (Å²) >= 11 is 0. The molecule has 0 saturated carbocycles. The number of nitriles is 1. The van der Waals surface area contributed by atoms with Gasteiger partial charge in [0.05, 0.1) is 6.20 Å². The Morgan fingerprint density at radius 3 is 2.79 bits per heavy atom. The lowest BCUT2D eigenvalue weighted by Crippen LogP contribution is -2.22. The van der Waals surface area contributed by atoms with E-state index in [4.69, 9.17) is 0 Å². The Bertz CT molecular complexity index is 761. The maximum Gasteiger partial charge on any atom is 0.145 e. The third kappa shape index (κ3) is 3.00. The zero-order valence-corrected chi connectivity index (χ0v) is 14.3. The lowest BCUT2D eigenvalue weighted by atomic mass is 9.92. The van der Waals surface area contributed by atoms with Gasteiger partial charge >= 0.3 is 0 Å². The maximum atomic E-state index is 9.80. The molecule has 0 amide bonds. The molecule has 1 fully saturated rings. The van der Waals surface area contributed by atoms with Crippen molar-refractivity contribution in [1.29, 1.82) is 5.26 Å². The fourth-order valence-electron chi connectivity index (χ4n) is 3.26. The summed E-state index contributed by atoms with van der Waals surface area (Å²) in [5.74, 6) is 1.16. The van der Waals surface area contributed by atoms with Crippen molar-refractivity contribution >= 4 is 5.82 Å². The van der Waals surface area contributed by atoms with E-state index in [2.05, 4.69) is 41.1 Å². The number of aliphatic hydroxyl groups excluding tert-OH is 1. The number of hydrogen-bond acceptors (Lipinski definition) is 5. The van der Waals surface area contributed by atoms with Crippen LogP contribution >= 0.6 is 0 Å². The molecule has 6 heteroatoms. The highest BCUT2D eigenvalue weighted by molar-refractivity contribution is 5.47. The van der Waals surface area contributed by atoms with Gasteiger partial charge in [0.15, 0.2) is 0 Å². The number of aromatic nitrogens is 3. The van der Waals surface area contributed by atoms with Gasteiger partial charge in [-0.25, -0.2) is 4.98 Å². The van der Waals surface area contributed by atoms with Crippen LogP contribution in [0.5, 0.6) is 0 Å². The molecule has 0 unspecified atom stereocenters. The maximum absolute atomic E-state index is 9.80. The van der Waals surface area contributed by atoms with Crippen LogP contribution in [0.25, 0.3) is 0 Å². The predicted octanol–water partition coefficient (Wildman–Crippen LogP) is 2.25. The average molecular weight is 325 g/mol. The monoisotopic (exact) mass is 325 g/mol. The summed E-state index contributed by atoms with van der Waals surface area (Å²) < 4.78 is 1.95. The summed E-state index contributed by atoms with van der Waals surface area (Å²) in [6, 6.07) is 6.34. The van der Waals surface area contributed by atoms with Gasteiger partial charge in [-0.05, 0) is 38.0 Å². The molecule has 3 rings (SSSR count). The van der Waals surface area contributed by atoms with Crippen LogP contribution < -0.4 is 4.90 Å². The van der Waals surface area contributed by atoms with E-state index in [0.717, 1.165) is 30.0 Å². The second-order valence-corrected chi connectivity index (χ2v) is 6.75. The van der Waals surface area contributed by atoms with Crippen molar-refractivity contribution in [2.24, 2.45) is 5.92 Å². The van der Waals surface area contributed by atoms with Crippen molar-refractivity contribution < 1.29 is 5.11 Å². The van der Waals surface area contributed by atoms with E-state index in [1.165, 1.54) is 0 Å². The van der Waals surface area contributed by atoms with Gasteiger partial charge in [-0.3, -0.25) is 4.68 Å². The second-order valence-electron chi connectivity index (χ2n) is 6.75. The first-order chi connectivity index (χ1) is 11.5. The van der Waals surface area contributed by atoms with Crippen molar-refractivity contribution in [2.45, 2.75) is 32.7 Å². The van der Waals surface area contributed by atoms with E-state index in [-0.39, 0.29) is 18.4 Å². The van der Waals surface area contributed by atoms with Crippen LogP contribution in [-0.4, -0.2) is 39.6 Å². The van der Waals surface area contributed by atoms with Gasteiger partial charge < -0.3 is 10.0 Å². The van der Waals surface area contributed by atoms with Crippen LogP contribution in [0, 0.1) is 24.2 Å². The van der Waals surface area contributed by atoms with Crippen LogP contribution in [0.4, 0.5) is 5.82 Å². The SMILES string of the molecule is Cc1ccc(N2C[C@@H](CO)[C@H](c3cnn(C(C)C)c3)C2)nc1C#N. The summed E-state index contributed by atoms with van der Waals surface area (Å²) in [5, 5.41) is 23.4. The molecule has 0 bridgehead atoms. The number of rotatable bonds is 4. The number of hydrogen-bond donors (Lipinski definition) is 1. The first-order valence-electron chi connectivity index (χ1n) is 8.31. The van der Waals surface area contributed by atoms with Crippen LogP contribution in [0.2, 0.25) is 0 Å². The van der Waals surface area contributed by atoms with Crippen molar-refractivity contribution in [3.05, 3.63) is 41.3 Å². The molecule has 1 aliphatic heterocycles. The molecule has 0 radical (unpaired) electrons. The third-order valence-electron chi connectivity index (χ3n) is 4.77. The molecular formula is C18H23N5O. The minimum absolute atomic E-state index is 0.130. The molecular weight excluding hydrogens is 302 g/mol. The van der Waals surface area contributed by atoms with Gasteiger partial charge in [-0.1, -0.05) is 6.07 Å². The normalized spacial score (nSPS) is 20.6. The predicted molar refractivity (Wildman–Crippen MR) is 91.8 cm³/mol. The molecule has 126 valence electrons. The van der Waals surface area contributed by atoms with Crippen molar-refractivity contribution in [3.8, 4) is 6.07 Å². The van der Waals surface area contributed by atoms with Crippen LogP contribution in [0.3, 0.4) is 0 Å². The van der Waals surface area contributed by atoms with Gasteiger partial charge in [-0.2, -0.15) is 10.4 Å². The summed E-state index contributed by atoms with van der Waals surface area (Å²) in [6.45, 7) is 7.72. The topological polar surface area (TPSA) is 78.0 Å². The zero-order valence-electron chi connectivity index (χ0n) is 14.3. The molecule has 1 N–H and O–H groups in total. The number of aliphatic hydroxyl groups is 1. The highest BCUT2D eigenvalue weighted by Gasteiger charge is 2.35. The van der Waals surface area contributed by atoms with E-state index < -0.39 is 0 Å². The molecule has 1 saturated heterocycles. The summed E-state index contributed by atoms with van der Waals surface area (Å²) in [6.07, 6.45) is 3.98. The third-order valence-corrected chi connectivity index (χ3v) is 4.77. The molecule has 0 spiro atoms. The highest BCUT2D eigenvalue weighted by atomic mass is 16.3. The number of nitrogens with zero attached hydrogens (tertiary/aromatic N) is 5. The van der Waals surface area contributed by atoms with Crippen molar-refractivity contribution in [1.82, 2.24) is 14.8 Å². The summed E-state index contributed by atoms with van der Waals surface area (Å²) in [7, 11) is 0. The first-order valence-corrected chi connectivity index (χ1v) is 8.31. The molecule has 6 nitrogen and oxygen atoms in total. The molecule has 3 heterocycles. The Balaban J connectivity index is 1.85. The van der Waals surface area contributed by atoms with Crippen molar-refractivity contribution in [2.75, 3.05) is 24.6 Å². The fourth-order valence-corrected chi connectivity index (χ4v) is 3.26. The fraction of sp³-hybridized carbons (Fsp3) is 0.500. The molecule has 0 aliphatic carbocycles. The number of pyridine rings is 1. The van der Waals surface area contributed by atoms with E-state index in [0.29, 0.717) is 11.7 Å². The lowest BCUT2D eigenvalue weighted by Gasteiger charge is -2.17. The van der Waals surface area contributed by atoms with Crippen LogP contribution in [0.1, 0.15) is 42.6 Å². The Morgan fingerprint density at radius 2 is 2.17 bits per heavy atom. The Kier molecular flexibility index (Phi) is 4.54. The van der Waals surface area contributed by atoms with Gasteiger partial charge in [0.2, 0.25) is 0 Å². The molecule has 24 heavy (non-hydrogen) atoms. The minimum Gasteiger partial charge on any atom is -0.396 e. The van der Waals surface area contributed by atoms with E-state index in [1.54, 1.807) is 0 Å². The molecule has 0 aromatic carbocycles. The largest absolute Gasteiger partial charge is 0.396 e. The highest BCUT2D eigenvalue weighted by Crippen LogP contribution is 2.34. The Morgan fingerprint density at radius 1 is 1.38 bits per heavy atom. The second kappa shape index (κ2) is 6.62. The average Bonchev–Trinajstić information content (AvgIpc) is 3.21. The standard InChI is InChI=1S/C18H23N5O/c1-12(2)23-9-14(7-20-23)16-10-22(8-15(16)11-24)18-5-4-13(3)17(6-19)21-18/h4-5,7,9,12,15-16,24H,8,10-11H2,1-3H3/t15-,16-/m0/s1. The quantitative estimate of drug-likeness (QED) is 0.933. The Hall–Kier alpha value is -2.39. The molecule has 2 aromatic rings. The van der Waals surface area contributed by atoms with Crippen LogP contribution in [0.15, 0.2) is 24.5 Å². The van der Waals surface area contributed by atoms with Gasteiger partial charge in [0.1, 0.15) is 17.6 Å². The van der Waals surface area contributed by atoms with E-state index >= 15 is 0 Å². The van der Waals surface area contributed by atoms with Crippen LogP contribution in [-0.2, 0) is 0 Å². The van der Waals surface area contributed by atoms with Gasteiger partial charge in [0.25, 0.3) is 0 Å². The Labute approximate surface area is 142 Å². The lowest BCUT2D eigenvalue weighted by molar-refractivity contribution is 0.227. The van der Waals surface area contributed by atoms with Crippen molar-refractivity contribution in [3.63, 3.8) is 0 Å².